The average molecular weight is 430 g/mol. The number of aliphatic hydroxyl groups is 1. The zero-order valence-corrected chi connectivity index (χ0v) is 19.3. The van der Waals surface area contributed by atoms with Crippen LogP contribution in [0.15, 0.2) is 30.3 Å². The van der Waals surface area contributed by atoms with Gasteiger partial charge in [-0.15, -0.1) is 0 Å². The van der Waals surface area contributed by atoms with Gasteiger partial charge in [0.25, 0.3) is 0 Å². The van der Waals surface area contributed by atoms with Gasteiger partial charge in [-0.05, 0) is 86.9 Å². The molecule has 162 valence electrons. The van der Waals surface area contributed by atoms with Crippen molar-refractivity contribution in [3.8, 4) is 11.5 Å². The predicted octanol–water partition coefficient (Wildman–Crippen LogP) is 5.55. The number of benzene rings is 2. The van der Waals surface area contributed by atoms with Crippen LogP contribution in [0.3, 0.4) is 0 Å². The maximum atomic E-state index is 11.6. The SMILES string of the molecule is COc1cc(C2(O)CC3CCC(C2)N3C(C)c2ccc(OC)c(C)c2C)ccc1Cl. The summed E-state index contributed by atoms with van der Waals surface area (Å²) in [5, 5.41) is 12.2. The van der Waals surface area contributed by atoms with Gasteiger partial charge < -0.3 is 14.6 Å². The highest BCUT2D eigenvalue weighted by Crippen LogP contribution is 2.50. The molecule has 3 unspecified atom stereocenters. The van der Waals surface area contributed by atoms with Crippen molar-refractivity contribution in [2.24, 2.45) is 0 Å². The smallest absolute Gasteiger partial charge is 0.137 e. The largest absolute Gasteiger partial charge is 0.496 e. The first-order chi connectivity index (χ1) is 14.3. The van der Waals surface area contributed by atoms with E-state index in [0.29, 0.717) is 28.9 Å². The zero-order valence-electron chi connectivity index (χ0n) is 18.5. The summed E-state index contributed by atoms with van der Waals surface area (Å²) in [6.07, 6.45) is 3.70. The molecule has 2 aromatic carbocycles. The normalized spacial score (nSPS) is 27.2. The summed E-state index contributed by atoms with van der Waals surface area (Å²) < 4.78 is 10.9. The Kier molecular flexibility index (Phi) is 5.78. The number of piperidine rings is 1. The molecule has 0 amide bonds. The minimum Gasteiger partial charge on any atom is -0.496 e. The lowest BCUT2D eigenvalue weighted by Crippen LogP contribution is -2.50. The molecule has 5 heteroatoms. The predicted molar refractivity (Wildman–Crippen MR) is 121 cm³/mol. The van der Waals surface area contributed by atoms with Crippen molar-refractivity contribution in [1.82, 2.24) is 4.90 Å². The van der Waals surface area contributed by atoms with Gasteiger partial charge in [0.2, 0.25) is 0 Å². The molecule has 0 aromatic heterocycles. The molecule has 2 aliphatic heterocycles. The van der Waals surface area contributed by atoms with Gasteiger partial charge in [0.1, 0.15) is 11.5 Å². The van der Waals surface area contributed by atoms with Gasteiger partial charge in [0, 0.05) is 18.1 Å². The second kappa shape index (κ2) is 8.07. The molecule has 0 aliphatic carbocycles. The van der Waals surface area contributed by atoms with E-state index in [1.54, 1.807) is 14.2 Å². The summed E-state index contributed by atoms with van der Waals surface area (Å²) in [4.78, 5) is 2.63. The Balaban J connectivity index is 1.61. The van der Waals surface area contributed by atoms with Crippen LogP contribution in [0.2, 0.25) is 5.02 Å². The lowest BCUT2D eigenvalue weighted by molar-refractivity contribution is -0.0683. The molecule has 2 aliphatic rings. The molecular formula is C25H32ClNO3. The fraction of sp³-hybridized carbons (Fsp3) is 0.520. The second-order valence-electron chi connectivity index (χ2n) is 8.90. The maximum absolute atomic E-state index is 11.6. The van der Waals surface area contributed by atoms with E-state index in [-0.39, 0.29) is 0 Å². The van der Waals surface area contributed by atoms with Gasteiger partial charge in [-0.3, -0.25) is 4.90 Å². The van der Waals surface area contributed by atoms with Crippen molar-refractivity contribution in [3.63, 3.8) is 0 Å². The topological polar surface area (TPSA) is 41.9 Å². The van der Waals surface area contributed by atoms with Gasteiger partial charge in [-0.25, -0.2) is 0 Å². The van der Waals surface area contributed by atoms with Crippen molar-refractivity contribution in [1.29, 1.82) is 0 Å². The second-order valence-corrected chi connectivity index (χ2v) is 9.31. The quantitative estimate of drug-likeness (QED) is 0.676. The summed E-state index contributed by atoms with van der Waals surface area (Å²) in [6, 6.07) is 11.0. The third kappa shape index (κ3) is 3.49. The number of halogens is 1. The van der Waals surface area contributed by atoms with Crippen molar-refractivity contribution < 1.29 is 14.6 Å². The van der Waals surface area contributed by atoms with Crippen LogP contribution in [0.5, 0.6) is 11.5 Å². The van der Waals surface area contributed by atoms with Crippen LogP contribution in [0.4, 0.5) is 0 Å². The lowest BCUT2D eigenvalue weighted by Gasteiger charge is -2.47. The van der Waals surface area contributed by atoms with Crippen molar-refractivity contribution in [2.75, 3.05) is 14.2 Å². The van der Waals surface area contributed by atoms with Crippen molar-refractivity contribution >= 4 is 11.6 Å². The van der Waals surface area contributed by atoms with Crippen LogP contribution in [0, 0.1) is 13.8 Å². The first kappa shape index (κ1) is 21.5. The van der Waals surface area contributed by atoms with Crippen LogP contribution >= 0.6 is 11.6 Å². The van der Waals surface area contributed by atoms with Gasteiger partial charge in [-0.1, -0.05) is 23.7 Å². The van der Waals surface area contributed by atoms with Crippen LogP contribution in [0.1, 0.15) is 60.9 Å². The van der Waals surface area contributed by atoms with Gasteiger partial charge in [0.15, 0.2) is 0 Å². The Morgan fingerprint density at radius 2 is 1.63 bits per heavy atom. The summed E-state index contributed by atoms with van der Waals surface area (Å²) in [7, 11) is 3.34. The number of fused-ring (bicyclic) bond motifs is 2. The molecule has 2 bridgehead atoms. The molecule has 2 saturated heterocycles. The third-order valence-electron chi connectivity index (χ3n) is 7.41. The molecule has 4 rings (SSSR count). The van der Waals surface area contributed by atoms with E-state index in [4.69, 9.17) is 21.1 Å². The monoisotopic (exact) mass is 429 g/mol. The highest BCUT2D eigenvalue weighted by atomic mass is 35.5. The number of hydrogen-bond acceptors (Lipinski definition) is 4. The summed E-state index contributed by atoms with van der Waals surface area (Å²) in [5.41, 5.74) is 3.92. The van der Waals surface area contributed by atoms with Crippen molar-refractivity contribution in [3.05, 3.63) is 57.6 Å². The van der Waals surface area contributed by atoms with Crippen LogP contribution in [0.25, 0.3) is 0 Å². The molecule has 1 N–H and O–H groups in total. The molecule has 2 aromatic rings. The maximum Gasteiger partial charge on any atom is 0.137 e. The minimum absolute atomic E-state index is 0.302. The van der Waals surface area contributed by atoms with Gasteiger partial charge in [0.05, 0.1) is 24.8 Å². The summed E-state index contributed by atoms with van der Waals surface area (Å²) >= 11 is 6.21. The number of nitrogens with zero attached hydrogens (tertiary/aromatic N) is 1. The molecule has 0 saturated carbocycles. The number of hydrogen-bond donors (Lipinski definition) is 1. The zero-order chi connectivity index (χ0) is 21.6. The Hall–Kier alpha value is -1.75. The highest BCUT2D eigenvalue weighted by molar-refractivity contribution is 6.32. The molecule has 2 fully saturated rings. The van der Waals surface area contributed by atoms with Crippen LogP contribution < -0.4 is 9.47 Å². The standard InChI is InChI=1S/C25H32ClNO3/c1-15-16(2)23(29-4)11-9-21(15)17(3)27-19-7-8-20(27)14-25(28,13-19)18-6-10-22(26)24(12-18)30-5/h6,9-12,17,19-20,28H,7-8,13-14H2,1-5H3. The van der Waals surface area contributed by atoms with E-state index < -0.39 is 5.60 Å². The Morgan fingerprint density at radius 3 is 2.23 bits per heavy atom. The fourth-order valence-corrected chi connectivity index (χ4v) is 5.92. The number of ether oxygens (including phenoxy) is 2. The van der Waals surface area contributed by atoms with Crippen molar-refractivity contribution in [2.45, 2.75) is 70.2 Å². The Morgan fingerprint density at radius 1 is 1.00 bits per heavy atom. The van der Waals surface area contributed by atoms with E-state index in [2.05, 4.69) is 37.8 Å². The van der Waals surface area contributed by atoms with E-state index >= 15 is 0 Å². The lowest BCUT2D eigenvalue weighted by atomic mass is 9.79. The number of methoxy groups -OCH3 is 2. The Labute approximate surface area is 184 Å². The molecule has 2 heterocycles. The molecule has 30 heavy (non-hydrogen) atoms. The van der Waals surface area contributed by atoms with E-state index in [9.17, 15) is 5.11 Å². The highest BCUT2D eigenvalue weighted by Gasteiger charge is 2.50. The summed E-state index contributed by atoms with van der Waals surface area (Å²) in [5.74, 6) is 1.56. The molecule has 4 nitrogen and oxygen atoms in total. The van der Waals surface area contributed by atoms with Crippen LogP contribution in [-0.2, 0) is 5.60 Å². The van der Waals surface area contributed by atoms with E-state index in [0.717, 1.165) is 37.0 Å². The molecule has 0 spiro atoms. The van der Waals surface area contributed by atoms with Gasteiger partial charge in [-0.2, -0.15) is 0 Å². The minimum atomic E-state index is -0.842. The third-order valence-corrected chi connectivity index (χ3v) is 7.72. The van der Waals surface area contributed by atoms with E-state index in [1.807, 2.05) is 18.2 Å². The first-order valence-corrected chi connectivity index (χ1v) is 11.1. The van der Waals surface area contributed by atoms with E-state index in [1.165, 1.54) is 16.7 Å². The molecule has 3 atom stereocenters. The molecule has 0 radical (unpaired) electrons. The van der Waals surface area contributed by atoms with Crippen LogP contribution in [-0.4, -0.2) is 36.3 Å². The Bertz CT molecular complexity index is 930. The fourth-order valence-electron chi connectivity index (χ4n) is 5.73. The first-order valence-electron chi connectivity index (χ1n) is 10.8. The average Bonchev–Trinajstić information content (AvgIpc) is 3.01. The van der Waals surface area contributed by atoms with Gasteiger partial charge >= 0.3 is 0 Å². The molecular weight excluding hydrogens is 398 g/mol. The number of rotatable bonds is 5. The summed E-state index contributed by atoms with van der Waals surface area (Å²) in [6.45, 7) is 6.61.